The lowest BCUT2D eigenvalue weighted by Gasteiger charge is -2.12. The van der Waals surface area contributed by atoms with Gasteiger partial charge in [0, 0.05) is 60.7 Å². The SMILES string of the molecule is CN(C)c1ccc(C(=O)Nc2ccc3nc(-c4ccc5c(ccn5C)c4)[nH]c3c2)cc1. The van der Waals surface area contributed by atoms with Crippen LogP contribution >= 0.6 is 0 Å². The second-order valence-corrected chi connectivity index (χ2v) is 7.91. The molecule has 0 aliphatic rings. The molecule has 3 aromatic carbocycles. The molecule has 0 radical (unpaired) electrons. The van der Waals surface area contributed by atoms with E-state index >= 15 is 0 Å². The van der Waals surface area contributed by atoms with Crippen molar-refractivity contribution in [2.45, 2.75) is 0 Å². The van der Waals surface area contributed by atoms with Crippen LogP contribution in [0.1, 0.15) is 10.4 Å². The van der Waals surface area contributed by atoms with Gasteiger partial charge in [-0.3, -0.25) is 4.79 Å². The number of benzene rings is 3. The average Bonchev–Trinajstić information content (AvgIpc) is 3.36. The van der Waals surface area contributed by atoms with Crippen molar-refractivity contribution in [3.05, 3.63) is 78.5 Å². The van der Waals surface area contributed by atoms with Crippen molar-refractivity contribution in [1.82, 2.24) is 14.5 Å². The topological polar surface area (TPSA) is 66.0 Å². The number of carbonyl (C=O) groups excluding carboxylic acids is 1. The van der Waals surface area contributed by atoms with E-state index in [2.05, 4.69) is 45.3 Å². The zero-order valence-electron chi connectivity index (χ0n) is 17.7. The molecule has 0 atom stereocenters. The van der Waals surface area contributed by atoms with Gasteiger partial charge in [-0.05, 0) is 66.7 Å². The number of nitrogens with one attached hydrogen (secondary N) is 2. The van der Waals surface area contributed by atoms with Crippen LogP contribution in [0.5, 0.6) is 0 Å². The fourth-order valence-corrected chi connectivity index (χ4v) is 3.77. The number of hydrogen-bond donors (Lipinski definition) is 2. The number of fused-ring (bicyclic) bond motifs is 2. The Labute approximate surface area is 180 Å². The fraction of sp³-hybridized carbons (Fsp3) is 0.120. The Morgan fingerprint density at radius 3 is 2.58 bits per heavy atom. The summed E-state index contributed by atoms with van der Waals surface area (Å²) >= 11 is 0. The molecule has 0 unspecified atom stereocenters. The molecular weight excluding hydrogens is 386 g/mol. The zero-order valence-corrected chi connectivity index (χ0v) is 17.7. The second kappa shape index (κ2) is 7.32. The van der Waals surface area contributed by atoms with Crippen LogP contribution in [0.15, 0.2) is 72.9 Å². The monoisotopic (exact) mass is 409 g/mol. The maximum Gasteiger partial charge on any atom is 0.255 e. The van der Waals surface area contributed by atoms with Crippen LogP contribution in [-0.4, -0.2) is 34.5 Å². The molecule has 2 heterocycles. The number of rotatable bonds is 4. The lowest BCUT2D eigenvalue weighted by Crippen LogP contribution is -2.13. The Balaban J connectivity index is 1.40. The Morgan fingerprint density at radius 1 is 1.00 bits per heavy atom. The van der Waals surface area contributed by atoms with E-state index in [9.17, 15) is 4.79 Å². The van der Waals surface area contributed by atoms with E-state index in [0.717, 1.165) is 33.8 Å². The van der Waals surface area contributed by atoms with Crippen LogP contribution in [-0.2, 0) is 7.05 Å². The van der Waals surface area contributed by atoms with E-state index < -0.39 is 0 Å². The third-order valence-corrected chi connectivity index (χ3v) is 5.54. The number of hydrogen-bond acceptors (Lipinski definition) is 3. The molecule has 154 valence electrons. The summed E-state index contributed by atoms with van der Waals surface area (Å²) in [6.45, 7) is 0. The van der Waals surface area contributed by atoms with Crippen molar-refractivity contribution < 1.29 is 4.79 Å². The molecule has 6 nitrogen and oxygen atoms in total. The molecule has 2 N–H and O–H groups in total. The Hall–Kier alpha value is -4.06. The molecule has 31 heavy (non-hydrogen) atoms. The minimum atomic E-state index is -0.140. The number of aromatic nitrogens is 3. The molecular formula is C25H23N5O. The summed E-state index contributed by atoms with van der Waals surface area (Å²) in [6, 6.07) is 21.6. The minimum Gasteiger partial charge on any atom is -0.378 e. The number of anilines is 2. The van der Waals surface area contributed by atoms with Gasteiger partial charge in [-0.15, -0.1) is 0 Å². The highest BCUT2D eigenvalue weighted by Crippen LogP contribution is 2.26. The summed E-state index contributed by atoms with van der Waals surface area (Å²) in [5.41, 5.74) is 6.34. The van der Waals surface area contributed by atoms with E-state index in [1.54, 1.807) is 0 Å². The number of nitrogens with zero attached hydrogens (tertiary/aromatic N) is 3. The van der Waals surface area contributed by atoms with Crippen molar-refractivity contribution in [3.8, 4) is 11.4 Å². The molecule has 1 amide bonds. The van der Waals surface area contributed by atoms with Crippen LogP contribution in [0, 0.1) is 0 Å². The molecule has 0 saturated carbocycles. The molecule has 0 aliphatic carbocycles. The Kier molecular flexibility index (Phi) is 4.47. The molecule has 0 bridgehead atoms. The Morgan fingerprint density at radius 2 is 1.81 bits per heavy atom. The fourth-order valence-electron chi connectivity index (χ4n) is 3.77. The Bertz CT molecular complexity index is 1410. The highest BCUT2D eigenvalue weighted by molar-refractivity contribution is 6.05. The van der Waals surface area contributed by atoms with Crippen molar-refractivity contribution in [1.29, 1.82) is 0 Å². The maximum absolute atomic E-state index is 12.6. The summed E-state index contributed by atoms with van der Waals surface area (Å²) in [7, 11) is 5.98. The van der Waals surface area contributed by atoms with Gasteiger partial charge in [0.05, 0.1) is 11.0 Å². The van der Waals surface area contributed by atoms with Gasteiger partial charge in [-0.1, -0.05) is 0 Å². The quantitative estimate of drug-likeness (QED) is 0.437. The normalized spacial score (nSPS) is 11.2. The van der Waals surface area contributed by atoms with Gasteiger partial charge >= 0.3 is 0 Å². The predicted octanol–water partition coefficient (Wildman–Crippen LogP) is 5.04. The number of H-pyrrole nitrogens is 1. The summed E-state index contributed by atoms with van der Waals surface area (Å²) in [5.74, 6) is 0.669. The largest absolute Gasteiger partial charge is 0.378 e. The number of carbonyl (C=O) groups is 1. The molecule has 0 aliphatic heterocycles. The third-order valence-electron chi connectivity index (χ3n) is 5.54. The molecule has 5 rings (SSSR count). The number of imidazole rings is 1. The maximum atomic E-state index is 12.6. The molecule has 0 spiro atoms. The van der Waals surface area contributed by atoms with Crippen LogP contribution in [0.2, 0.25) is 0 Å². The van der Waals surface area contributed by atoms with E-state index in [1.165, 1.54) is 10.9 Å². The van der Waals surface area contributed by atoms with E-state index in [1.807, 2.05) is 68.5 Å². The van der Waals surface area contributed by atoms with Crippen molar-refractivity contribution >= 4 is 39.2 Å². The van der Waals surface area contributed by atoms with Crippen LogP contribution < -0.4 is 10.2 Å². The van der Waals surface area contributed by atoms with E-state index in [0.29, 0.717) is 5.56 Å². The first-order valence-corrected chi connectivity index (χ1v) is 10.1. The van der Waals surface area contributed by atoms with E-state index in [-0.39, 0.29) is 5.91 Å². The highest BCUT2D eigenvalue weighted by Gasteiger charge is 2.10. The van der Waals surface area contributed by atoms with Crippen molar-refractivity contribution in [2.75, 3.05) is 24.3 Å². The number of aromatic amines is 1. The highest BCUT2D eigenvalue weighted by atomic mass is 16.1. The number of amides is 1. The first kappa shape index (κ1) is 18.9. The predicted molar refractivity (Wildman–Crippen MR) is 127 cm³/mol. The third kappa shape index (κ3) is 3.53. The van der Waals surface area contributed by atoms with Gasteiger partial charge in [-0.25, -0.2) is 4.98 Å². The minimum absolute atomic E-state index is 0.140. The van der Waals surface area contributed by atoms with Gasteiger partial charge in [0.1, 0.15) is 5.82 Å². The average molecular weight is 409 g/mol. The smallest absolute Gasteiger partial charge is 0.255 e. The summed E-state index contributed by atoms with van der Waals surface area (Å²) in [4.78, 5) is 22.7. The lowest BCUT2D eigenvalue weighted by atomic mass is 10.1. The molecule has 2 aromatic heterocycles. The van der Waals surface area contributed by atoms with Crippen molar-refractivity contribution in [2.24, 2.45) is 7.05 Å². The zero-order chi connectivity index (χ0) is 21.5. The molecule has 6 heteroatoms. The lowest BCUT2D eigenvalue weighted by molar-refractivity contribution is 0.102. The first-order valence-electron chi connectivity index (χ1n) is 10.1. The number of aryl methyl sites for hydroxylation is 1. The summed E-state index contributed by atoms with van der Waals surface area (Å²) in [6.07, 6.45) is 2.05. The molecule has 0 fully saturated rings. The van der Waals surface area contributed by atoms with E-state index in [4.69, 9.17) is 4.98 Å². The van der Waals surface area contributed by atoms with Gasteiger partial charge in [0.2, 0.25) is 0 Å². The van der Waals surface area contributed by atoms with Gasteiger partial charge in [0.25, 0.3) is 5.91 Å². The van der Waals surface area contributed by atoms with Gasteiger partial charge in [0.15, 0.2) is 0 Å². The molecule has 0 saturated heterocycles. The van der Waals surface area contributed by atoms with Crippen LogP contribution in [0.25, 0.3) is 33.3 Å². The van der Waals surface area contributed by atoms with Crippen LogP contribution in [0.3, 0.4) is 0 Å². The standard InChI is InChI=1S/C25H23N5O/c1-29(2)20-8-4-16(5-9-20)25(31)26-19-7-10-21-22(15-19)28-24(27-21)18-6-11-23-17(14-18)12-13-30(23)3/h4-15H,1-3H3,(H,26,31)(H,27,28). The summed E-state index contributed by atoms with van der Waals surface area (Å²) in [5, 5.41) is 4.15. The summed E-state index contributed by atoms with van der Waals surface area (Å²) < 4.78 is 2.10. The van der Waals surface area contributed by atoms with Crippen LogP contribution in [0.4, 0.5) is 11.4 Å². The van der Waals surface area contributed by atoms with Gasteiger partial charge in [-0.2, -0.15) is 0 Å². The molecule has 5 aromatic rings. The first-order chi connectivity index (χ1) is 15.0. The van der Waals surface area contributed by atoms with Gasteiger partial charge < -0.3 is 19.8 Å². The second-order valence-electron chi connectivity index (χ2n) is 7.91. The van der Waals surface area contributed by atoms with Crippen molar-refractivity contribution in [3.63, 3.8) is 0 Å².